The van der Waals surface area contributed by atoms with Gasteiger partial charge in [-0.3, -0.25) is 10.1 Å². The average molecular weight is 490 g/mol. The van der Waals surface area contributed by atoms with Crippen molar-refractivity contribution in [1.82, 2.24) is 10.3 Å². The van der Waals surface area contributed by atoms with Gasteiger partial charge in [-0.1, -0.05) is 12.1 Å². The lowest BCUT2D eigenvalue weighted by atomic mass is 10.2. The maximum Gasteiger partial charge on any atom is 0.250 e. The number of nitrogens with zero attached hydrogens (tertiary/aromatic N) is 1. The van der Waals surface area contributed by atoms with Crippen LogP contribution < -0.4 is 20.1 Å². The van der Waals surface area contributed by atoms with E-state index in [-0.39, 0.29) is 11.0 Å². The van der Waals surface area contributed by atoms with Crippen molar-refractivity contribution in [3.63, 3.8) is 0 Å². The monoisotopic (exact) mass is 489 g/mol. The fourth-order valence-electron chi connectivity index (χ4n) is 3.30. The molecule has 0 saturated carbocycles. The van der Waals surface area contributed by atoms with Crippen molar-refractivity contribution in [2.75, 3.05) is 19.5 Å². The lowest BCUT2D eigenvalue weighted by molar-refractivity contribution is -0.115. The van der Waals surface area contributed by atoms with Gasteiger partial charge in [0.1, 0.15) is 5.01 Å². The van der Waals surface area contributed by atoms with E-state index in [0.717, 1.165) is 27.3 Å². The minimum absolute atomic E-state index is 0.213. The summed E-state index contributed by atoms with van der Waals surface area (Å²) >= 11 is 6.94. The second-order valence-electron chi connectivity index (χ2n) is 7.46. The molecule has 0 fully saturated rings. The molecule has 1 amide bonds. The van der Waals surface area contributed by atoms with Crippen molar-refractivity contribution >= 4 is 56.6 Å². The Labute approximate surface area is 207 Å². The van der Waals surface area contributed by atoms with Gasteiger partial charge in [0.25, 0.3) is 0 Å². The molecule has 34 heavy (non-hydrogen) atoms. The number of nitrogens with one attached hydrogen (secondary N) is 2. The van der Waals surface area contributed by atoms with Crippen LogP contribution in [-0.2, 0) is 4.79 Å². The van der Waals surface area contributed by atoms with Crippen molar-refractivity contribution in [1.29, 1.82) is 0 Å². The van der Waals surface area contributed by atoms with Crippen LogP contribution in [0.1, 0.15) is 11.1 Å². The third-order valence-corrected chi connectivity index (χ3v) is 6.28. The summed E-state index contributed by atoms with van der Waals surface area (Å²) in [5.74, 6) is 0.874. The Bertz CT molecular complexity index is 1380. The van der Waals surface area contributed by atoms with Crippen LogP contribution in [0.5, 0.6) is 11.5 Å². The highest BCUT2D eigenvalue weighted by Gasteiger charge is 2.08. The normalized spacial score (nSPS) is 10.9. The molecule has 3 aromatic carbocycles. The zero-order chi connectivity index (χ0) is 24.1. The van der Waals surface area contributed by atoms with Gasteiger partial charge in [-0.05, 0) is 84.9 Å². The number of aryl methyl sites for hydroxylation is 1. The maximum atomic E-state index is 12.3. The molecule has 0 unspecified atom stereocenters. The number of anilines is 1. The van der Waals surface area contributed by atoms with Crippen LogP contribution in [0.3, 0.4) is 0 Å². The molecule has 8 heteroatoms. The van der Waals surface area contributed by atoms with Crippen molar-refractivity contribution in [2.45, 2.75) is 6.92 Å². The van der Waals surface area contributed by atoms with E-state index in [4.69, 9.17) is 26.7 Å². The van der Waals surface area contributed by atoms with E-state index in [1.54, 1.807) is 43.8 Å². The highest BCUT2D eigenvalue weighted by molar-refractivity contribution is 7.80. The number of carbonyl (C=O) groups is 1. The number of aromatic nitrogens is 1. The predicted molar refractivity (Wildman–Crippen MR) is 143 cm³/mol. The number of benzene rings is 3. The first-order chi connectivity index (χ1) is 16.4. The number of methoxy groups -OCH3 is 2. The quantitative estimate of drug-likeness (QED) is 0.263. The number of hydrogen-bond donors (Lipinski definition) is 2. The summed E-state index contributed by atoms with van der Waals surface area (Å²) in [5.41, 5.74) is 4.81. The molecule has 0 aliphatic rings. The zero-order valence-electron chi connectivity index (χ0n) is 18.9. The van der Waals surface area contributed by atoms with Gasteiger partial charge in [0.05, 0.1) is 24.4 Å². The van der Waals surface area contributed by atoms with E-state index in [2.05, 4.69) is 29.7 Å². The number of fused-ring (bicyclic) bond motifs is 1. The first kappa shape index (κ1) is 23.4. The molecule has 0 saturated heterocycles. The van der Waals surface area contributed by atoms with Crippen LogP contribution in [0, 0.1) is 6.92 Å². The summed E-state index contributed by atoms with van der Waals surface area (Å²) in [6.45, 7) is 2.08. The van der Waals surface area contributed by atoms with Crippen LogP contribution in [0.4, 0.5) is 5.69 Å². The summed E-state index contributed by atoms with van der Waals surface area (Å²) in [5, 5.41) is 6.85. The van der Waals surface area contributed by atoms with Gasteiger partial charge >= 0.3 is 0 Å². The first-order valence-corrected chi connectivity index (χ1v) is 11.7. The lowest BCUT2D eigenvalue weighted by Crippen LogP contribution is -2.32. The Kier molecular flexibility index (Phi) is 7.20. The molecule has 1 aromatic heterocycles. The standard InChI is InChI=1S/C26H23N3O3S2/c1-16-4-11-20-23(14-16)34-25(28-20)18-7-9-19(10-8-18)27-26(33)29-24(30)13-6-17-5-12-21(31-2)22(15-17)32-3/h4-15H,1-3H3,(H2,27,29,30,33). The minimum atomic E-state index is -0.339. The summed E-state index contributed by atoms with van der Waals surface area (Å²) in [6, 6.07) is 19.4. The van der Waals surface area contributed by atoms with E-state index in [0.29, 0.717) is 11.5 Å². The largest absolute Gasteiger partial charge is 0.493 e. The van der Waals surface area contributed by atoms with Crippen LogP contribution >= 0.6 is 23.6 Å². The Balaban J connectivity index is 1.35. The number of ether oxygens (including phenoxy) is 2. The van der Waals surface area contributed by atoms with Crippen LogP contribution in [-0.4, -0.2) is 30.2 Å². The Hall–Kier alpha value is -3.75. The number of amides is 1. The van der Waals surface area contributed by atoms with E-state index in [1.165, 1.54) is 16.3 Å². The molecule has 0 radical (unpaired) electrons. The fourth-order valence-corrected chi connectivity index (χ4v) is 4.58. The third kappa shape index (κ3) is 5.59. The Morgan fingerprint density at radius 3 is 2.50 bits per heavy atom. The predicted octanol–water partition coefficient (Wildman–Crippen LogP) is 5.82. The second-order valence-corrected chi connectivity index (χ2v) is 8.90. The van der Waals surface area contributed by atoms with Crippen molar-refractivity contribution in [2.24, 2.45) is 0 Å². The molecule has 0 aliphatic carbocycles. The van der Waals surface area contributed by atoms with Crippen LogP contribution in [0.2, 0.25) is 0 Å². The third-order valence-electron chi connectivity index (χ3n) is 5.01. The van der Waals surface area contributed by atoms with Gasteiger partial charge in [0.2, 0.25) is 5.91 Å². The number of thiocarbonyl (C=S) groups is 1. The lowest BCUT2D eigenvalue weighted by Gasteiger charge is -2.09. The summed E-state index contributed by atoms with van der Waals surface area (Å²) in [7, 11) is 3.14. The Morgan fingerprint density at radius 2 is 1.76 bits per heavy atom. The van der Waals surface area contributed by atoms with E-state index in [9.17, 15) is 4.79 Å². The number of rotatable bonds is 6. The van der Waals surface area contributed by atoms with Crippen molar-refractivity contribution in [3.05, 3.63) is 77.9 Å². The molecule has 0 spiro atoms. The highest BCUT2D eigenvalue weighted by atomic mass is 32.1. The maximum absolute atomic E-state index is 12.3. The molecule has 0 atom stereocenters. The smallest absolute Gasteiger partial charge is 0.250 e. The molecule has 6 nitrogen and oxygen atoms in total. The number of thiazole rings is 1. The molecule has 2 N–H and O–H groups in total. The van der Waals surface area contributed by atoms with E-state index < -0.39 is 0 Å². The molecule has 4 aromatic rings. The molecule has 0 aliphatic heterocycles. The fraction of sp³-hybridized carbons (Fsp3) is 0.115. The SMILES string of the molecule is COc1ccc(C=CC(=O)NC(=S)Nc2ccc(-c3nc4ccc(C)cc4s3)cc2)cc1OC. The summed E-state index contributed by atoms with van der Waals surface area (Å²) < 4.78 is 11.7. The van der Waals surface area contributed by atoms with Crippen molar-refractivity contribution in [3.8, 4) is 22.1 Å². The second kappa shape index (κ2) is 10.5. The summed E-state index contributed by atoms with van der Waals surface area (Å²) in [4.78, 5) is 17.0. The average Bonchev–Trinajstić information content (AvgIpc) is 3.26. The Morgan fingerprint density at radius 1 is 1.00 bits per heavy atom. The van der Waals surface area contributed by atoms with Crippen molar-refractivity contribution < 1.29 is 14.3 Å². The first-order valence-electron chi connectivity index (χ1n) is 10.4. The van der Waals surface area contributed by atoms with Crippen LogP contribution in [0.25, 0.3) is 26.9 Å². The van der Waals surface area contributed by atoms with E-state index >= 15 is 0 Å². The molecular formula is C26H23N3O3S2. The highest BCUT2D eigenvalue weighted by Crippen LogP contribution is 2.31. The zero-order valence-corrected chi connectivity index (χ0v) is 20.5. The minimum Gasteiger partial charge on any atom is -0.493 e. The van der Waals surface area contributed by atoms with Gasteiger partial charge in [-0.15, -0.1) is 11.3 Å². The van der Waals surface area contributed by atoms with Crippen LogP contribution in [0.15, 0.2) is 66.7 Å². The van der Waals surface area contributed by atoms with E-state index in [1.807, 2.05) is 36.4 Å². The van der Waals surface area contributed by atoms with Gasteiger partial charge in [0, 0.05) is 17.3 Å². The van der Waals surface area contributed by atoms with Gasteiger partial charge < -0.3 is 14.8 Å². The molecule has 0 bridgehead atoms. The van der Waals surface area contributed by atoms with Gasteiger partial charge in [0.15, 0.2) is 16.6 Å². The number of carbonyl (C=O) groups excluding carboxylic acids is 1. The molecular weight excluding hydrogens is 466 g/mol. The topological polar surface area (TPSA) is 72.5 Å². The van der Waals surface area contributed by atoms with Gasteiger partial charge in [-0.2, -0.15) is 0 Å². The number of hydrogen-bond acceptors (Lipinski definition) is 6. The summed E-state index contributed by atoms with van der Waals surface area (Å²) in [6.07, 6.45) is 3.08. The molecule has 1 heterocycles. The van der Waals surface area contributed by atoms with Gasteiger partial charge in [-0.25, -0.2) is 4.98 Å². The molecule has 172 valence electrons. The molecule has 4 rings (SSSR count).